The average Bonchev–Trinajstić information content (AvgIpc) is 1.93. The van der Waals surface area contributed by atoms with Crippen LogP contribution in [0.5, 0.6) is 0 Å². The predicted molar refractivity (Wildman–Crippen MR) is 48.0 cm³/mol. The van der Waals surface area contributed by atoms with Crippen LogP contribution in [0, 0.1) is 0 Å². The zero-order chi connectivity index (χ0) is 8.55. The van der Waals surface area contributed by atoms with Gasteiger partial charge in [-0.15, -0.1) is 5.10 Å². The van der Waals surface area contributed by atoms with Crippen LogP contribution in [0.4, 0.5) is 5.69 Å². The molecule has 0 saturated heterocycles. The summed E-state index contributed by atoms with van der Waals surface area (Å²) in [5.74, 6) is 0.567. The standard InChI is InChI=1S/C8H10ClN3/c9-8-6(10)4-7(11-12-8)5-2-1-3-5/h4-5H,1-3H2,(H2,10,11). The van der Waals surface area contributed by atoms with Gasteiger partial charge in [0, 0.05) is 5.92 Å². The van der Waals surface area contributed by atoms with E-state index >= 15 is 0 Å². The molecule has 3 nitrogen and oxygen atoms in total. The highest BCUT2D eigenvalue weighted by atomic mass is 35.5. The van der Waals surface area contributed by atoms with Crippen molar-refractivity contribution in [1.29, 1.82) is 0 Å². The molecular weight excluding hydrogens is 174 g/mol. The summed E-state index contributed by atoms with van der Waals surface area (Å²) >= 11 is 5.65. The van der Waals surface area contributed by atoms with Gasteiger partial charge in [-0.1, -0.05) is 18.0 Å². The minimum Gasteiger partial charge on any atom is -0.396 e. The Bertz CT molecular complexity index is 296. The van der Waals surface area contributed by atoms with E-state index in [1.807, 2.05) is 6.07 Å². The van der Waals surface area contributed by atoms with Crippen molar-refractivity contribution in [2.24, 2.45) is 0 Å². The first-order chi connectivity index (χ1) is 5.77. The number of nitrogen functional groups attached to an aromatic ring is 1. The lowest BCUT2D eigenvalue weighted by Crippen LogP contribution is -2.11. The second-order valence-electron chi connectivity index (χ2n) is 3.14. The Morgan fingerprint density at radius 3 is 2.67 bits per heavy atom. The number of nitrogens with zero attached hydrogens (tertiary/aromatic N) is 2. The second kappa shape index (κ2) is 2.90. The molecule has 1 aliphatic rings. The molecule has 0 amide bonds. The molecule has 1 aromatic rings. The fraction of sp³-hybridized carbons (Fsp3) is 0.500. The monoisotopic (exact) mass is 183 g/mol. The van der Waals surface area contributed by atoms with Crippen molar-refractivity contribution < 1.29 is 0 Å². The van der Waals surface area contributed by atoms with E-state index in [0.717, 1.165) is 5.69 Å². The maximum absolute atomic E-state index is 5.65. The Labute approximate surface area is 75.9 Å². The van der Waals surface area contributed by atoms with Gasteiger partial charge in [-0.25, -0.2) is 0 Å². The fourth-order valence-electron chi connectivity index (χ4n) is 1.31. The molecule has 1 fully saturated rings. The van der Waals surface area contributed by atoms with Gasteiger partial charge in [-0.2, -0.15) is 5.10 Å². The predicted octanol–water partition coefficient (Wildman–Crippen LogP) is 1.98. The molecule has 12 heavy (non-hydrogen) atoms. The van der Waals surface area contributed by atoms with Gasteiger partial charge in [0.1, 0.15) is 0 Å². The van der Waals surface area contributed by atoms with Crippen LogP contribution >= 0.6 is 11.6 Å². The third-order valence-corrected chi connectivity index (χ3v) is 2.61. The molecule has 0 aromatic carbocycles. The molecule has 2 rings (SSSR count). The first kappa shape index (κ1) is 7.80. The lowest BCUT2D eigenvalue weighted by atomic mass is 9.83. The number of hydrogen-bond donors (Lipinski definition) is 1. The van der Waals surface area contributed by atoms with Gasteiger partial charge in [0.25, 0.3) is 0 Å². The minimum atomic E-state index is 0.304. The van der Waals surface area contributed by atoms with Crippen LogP contribution in [-0.2, 0) is 0 Å². The molecule has 0 radical (unpaired) electrons. The third-order valence-electron chi connectivity index (χ3n) is 2.32. The van der Waals surface area contributed by atoms with Gasteiger partial charge in [0.05, 0.1) is 11.4 Å². The number of rotatable bonds is 1. The van der Waals surface area contributed by atoms with Crippen LogP contribution in [0.25, 0.3) is 0 Å². The van der Waals surface area contributed by atoms with E-state index in [0.29, 0.717) is 16.8 Å². The summed E-state index contributed by atoms with van der Waals surface area (Å²) in [6.45, 7) is 0. The van der Waals surface area contributed by atoms with Crippen LogP contribution in [0.15, 0.2) is 6.07 Å². The largest absolute Gasteiger partial charge is 0.396 e. The van der Waals surface area contributed by atoms with Crippen LogP contribution in [-0.4, -0.2) is 10.2 Å². The molecule has 0 unspecified atom stereocenters. The normalized spacial score (nSPS) is 17.4. The number of hydrogen-bond acceptors (Lipinski definition) is 3. The summed E-state index contributed by atoms with van der Waals surface area (Å²) in [4.78, 5) is 0. The molecule has 1 heterocycles. The fourth-order valence-corrected chi connectivity index (χ4v) is 1.40. The first-order valence-corrected chi connectivity index (χ1v) is 4.44. The molecule has 4 heteroatoms. The SMILES string of the molecule is Nc1cc(C2CCC2)nnc1Cl. The van der Waals surface area contributed by atoms with E-state index in [2.05, 4.69) is 10.2 Å². The summed E-state index contributed by atoms with van der Waals surface area (Å²) in [5, 5.41) is 8.07. The second-order valence-corrected chi connectivity index (χ2v) is 3.50. The van der Waals surface area contributed by atoms with E-state index in [1.165, 1.54) is 19.3 Å². The van der Waals surface area contributed by atoms with Crippen LogP contribution < -0.4 is 5.73 Å². The zero-order valence-corrected chi connectivity index (χ0v) is 7.38. The van der Waals surface area contributed by atoms with E-state index in [4.69, 9.17) is 17.3 Å². The van der Waals surface area contributed by atoms with Gasteiger partial charge in [0.2, 0.25) is 0 Å². The maximum Gasteiger partial charge on any atom is 0.174 e. The quantitative estimate of drug-likeness (QED) is 0.725. The highest BCUT2D eigenvalue weighted by Gasteiger charge is 2.21. The number of anilines is 1. The number of halogens is 1. The summed E-state index contributed by atoms with van der Waals surface area (Å²) < 4.78 is 0. The van der Waals surface area contributed by atoms with Crippen molar-refractivity contribution in [1.82, 2.24) is 10.2 Å². The Balaban J connectivity index is 2.27. The van der Waals surface area contributed by atoms with Gasteiger partial charge >= 0.3 is 0 Å². The molecule has 1 saturated carbocycles. The molecule has 0 atom stereocenters. The summed E-state index contributed by atoms with van der Waals surface area (Å²) in [6, 6.07) is 1.83. The minimum absolute atomic E-state index is 0.304. The van der Waals surface area contributed by atoms with Gasteiger partial charge in [0.15, 0.2) is 5.15 Å². The van der Waals surface area contributed by atoms with Crippen LogP contribution in [0.3, 0.4) is 0 Å². The van der Waals surface area contributed by atoms with Gasteiger partial charge in [-0.05, 0) is 18.9 Å². The molecule has 0 bridgehead atoms. The first-order valence-electron chi connectivity index (χ1n) is 4.06. The lowest BCUT2D eigenvalue weighted by molar-refractivity contribution is 0.408. The van der Waals surface area contributed by atoms with E-state index < -0.39 is 0 Å². The zero-order valence-electron chi connectivity index (χ0n) is 6.63. The molecule has 1 aromatic heterocycles. The molecule has 64 valence electrons. The third kappa shape index (κ3) is 1.25. The van der Waals surface area contributed by atoms with Gasteiger partial charge in [-0.3, -0.25) is 0 Å². The van der Waals surface area contributed by atoms with Crippen molar-refractivity contribution in [2.75, 3.05) is 5.73 Å². The highest BCUT2D eigenvalue weighted by Crippen LogP contribution is 2.35. The number of aromatic nitrogens is 2. The lowest BCUT2D eigenvalue weighted by Gasteiger charge is -2.24. The topological polar surface area (TPSA) is 51.8 Å². The van der Waals surface area contributed by atoms with Crippen molar-refractivity contribution in [3.05, 3.63) is 16.9 Å². The summed E-state index contributed by atoms with van der Waals surface area (Å²) in [7, 11) is 0. The molecule has 1 aliphatic carbocycles. The average molecular weight is 184 g/mol. The molecule has 0 aliphatic heterocycles. The van der Waals surface area contributed by atoms with Crippen LogP contribution in [0.2, 0.25) is 5.15 Å². The van der Waals surface area contributed by atoms with Crippen molar-refractivity contribution in [3.8, 4) is 0 Å². The Morgan fingerprint density at radius 1 is 1.42 bits per heavy atom. The Kier molecular flexibility index (Phi) is 1.89. The van der Waals surface area contributed by atoms with Gasteiger partial charge < -0.3 is 5.73 Å². The highest BCUT2D eigenvalue weighted by molar-refractivity contribution is 6.31. The van der Waals surface area contributed by atoms with Crippen molar-refractivity contribution in [3.63, 3.8) is 0 Å². The Morgan fingerprint density at radius 2 is 2.17 bits per heavy atom. The van der Waals surface area contributed by atoms with E-state index in [-0.39, 0.29) is 0 Å². The van der Waals surface area contributed by atoms with E-state index in [9.17, 15) is 0 Å². The van der Waals surface area contributed by atoms with Crippen molar-refractivity contribution >= 4 is 17.3 Å². The Hall–Kier alpha value is -0.830. The molecule has 2 N–H and O–H groups in total. The smallest absolute Gasteiger partial charge is 0.174 e. The van der Waals surface area contributed by atoms with Crippen LogP contribution in [0.1, 0.15) is 30.9 Å². The maximum atomic E-state index is 5.65. The van der Waals surface area contributed by atoms with E-state index in [1.54, 1.807) is 0 Å². The molecule has 0 spiro atoms. The summed E-state index contributed by atoms with van der Waals surface area (Å²) in [6.07, 6.45) is 3.69. The molecular formula is C8H10ClN3. The summed E-state index contributed by atoms with van der Waals surface area (Å²) in [5.41, 5.74) is 7.13. The van der Waals surface area contributed by atoms with Crippen molar-refractivity contribution in [2.45, 2.75) is 25.2 Å². The number of nitrogens with two attached hydrogens (primary N) is 1.